The lowest BCUT2D eigenvalue weighted by Gasteiger charge is -2.10. The Hall–Kier alpha value is -1.23. The fourth-order valence-electron chi connectivity index (χ4n) is 1.38. The van der Waals surface area contributed by atoms with E-state index in [2.05, 4.69) is 10.6 Å². The van der Waals surface area contributed by atoms with Crippen molar-refractivity contribution in [3.05, 3.63) is 52.4 Å². The van der Waals surface area contributed by atoms with Gasteiger partial charge >= 0.3 is 0 Å². The van der Waals surface area contributed by atoms with Crippen LogP contribution in [0.5, 0.6) is 0 Å². The Kier molecular flexibility index (Phi) is 4.47. The summed E-state index contributed by atoms with van der Waals surface area (Å²) in [4.78, 5) is 0. The van der Waals surface area contributed by atoms with Gasteiger partial charge in [-0.25, -0.2) is 0 Å². The van der Waals surface area contributed by atoms with Gasteiger partial charge < -0.3 is 15.1 Å². The zero-order chi connectivity index (χ0) is 13.0. The first kappa shape index (κ1) is 13.2. The van der Waals surface area contributed by atoms with Gasteiger partial charge in [-0.3, -0.25) is 0 Å². The molecule has 0 radical (unpaired) electrons. The van der Waals surface area contributed by atoms with Gasteiger partial charge in [0.05, 0.1) is 12.8 Å². The summed E-state index contributed by atoms with van der Waals surface area (Å²) in [7, 11) is 0. The minimum atomic E-state index is 0.477. The van der Waals surface area contributed by atoms with Crippen LogP contribution in [-0.2, 0) is 6.54 Å². The van der Waals surface area contributed by atoms with Crippen molar-refractivity contribution in [2.24, 2.45) is 0 Å². The third kappa shape index (κ3) is 3.91. The molecule has 0 fully saturated rings. The molecule has 1 aromatic carbocycles. The van der Waals surface area contributed by atoms with E-state index in [0.717, 1.165) is 11.4 Å². The van der Waals surface area contributed by atoms with E-state index in [9.17, 15) is 0 Å². The molecule has 0 bridgehead atoms. The largest absolute Gasteiger partial charge is 0.467 e. The number of anilines is 1. The van der Waals surface area contributed by atoms with Gasteiger partial charge in [-0.2, -0.15) is 0 Å². The van der Waals surface area contributed by atoms with Gasteiger partial charge in [-0.15, -0.1) is 0 Å². The monoisotopic (exact) mass is 300 g/mol. The van der Waals surface area contributed by atoms with E-state index in [-0.39, 0.29) is 0 Å². The highest BCUT2D eigenvalue weighted by atomic mass is 35.5. The predicted octanol–water partition coefficient (Wildman–Crippen LogP) is 4.07. The van der Waals surface area contributed by atoms with Crippen LogP contribution in [-0.4, -0.2) is 5.11 Å². The molecule has 0 aliphatic rings. The number of halogens is 2. The Morgan fingerprint density at radius 1 is 1.22 bits per heavy atom. The SMILES string of the molecule is S=C(NCc1ccco1)Nc1cc(Cl)cc(Cl)c1. The third-order valence-corrected chi connectivity index (χ3v) is 2.81. The van der Waals surface area contributed by atoms with Crippen LogP contribution in [0.4, 0.5) is 5.69 Å². The van der Waals surface area contributed by atoms with Gasteiger partial charge in [0.1, 0.15) is 5.76 Å². The van der Waals surface area contributed by atoms with Crippen LogP contribution in [0.3, 0.4) is 0 Å². The summed E-state index contributed by atoms with van der Waals surface area (Å²) < 4.78 is 5.18. The lowest BCUT2D eigenvalue weighted by atomic mass is 10.3. The molecule has 94 valence electrons. The van der Waals surface area contributed by atoms with Gasteiger partial charge in [-0.1, -0.05) is 23.2 Å². The first-order chi connectivity index (χ1) is 8.63. The standard InChI is InChI=1S/C12H10Cl2N2OS/c13-8-4-9(14)6-10(5-8)16-12(18)15-7-11-2-1-3-17-11/h1-6H,7H2,(H2,15,16,18). The summed E-state index contributed by atoms with van der Waals surface area (Å²) in [6, 6.07) is 8.84. The number of furan rings is 1. The van der Waals surface area contributed by atoms with Crippen LogP contribution in [0.25, 0.3) is 0 Å². The predicted molar refractivity (Wildman–Crippen MR) is 78.2 cm³/mol. The van der Waals surface area contributed by atoms with Gasteiger partial charge in [0.15, 0.2) is 5.11 Å². The maximum absolute atomic E-state index is 5.89. The highest BCUT2D eigenvalue weighted by molar-refractivity contribution is 7.80. The molecule has 3 nitrogen and oxygen atoms in total. The molecule has 2 N–H and O–H groups in total. The molecule has 0 unspecified atom stereocenters. The summed E-state index contributed by atoms with van der Waals surface area (Å²) in [5.41, 5.74) is 0.740. The van der Waals surface area contributed by atoms with Gasteiger partial charge in [-0.05, 0) is 42.5 Å². The second-order valence-corrected chi connectivity index (χ2v) is 4.83. The summed E-state index contributed by atoms with van der Waals surface area (Å²) in [6.45, 7) is 0.521. The number of rotatable bonds is 3. The molecule has 0 aliphatic heterocycles. The second kappa shape index (κ2) is 6.09. The number of hydrogen-bond acceptors (Lipinski definition) is 2. The molecular formula is C12H10Cl2N2OS. The van der Waals surface area contributed by atoms with E-state index in [1.807, 2.05) is 12.1 Å². The van der Waals surface area contributed by atoms with Crippen LogP contribution in [0.2, 0.25) is 10.0 Å². The summed E-state index contributed by atoms with van der Waals surface area (Å²) in [5, 5.41) is 7.59. The molecule has 2 rings (SSSR count). The van der Waals surface area contributed by atoms with Crippen LogP contribution in [0.15, 0.2) is 41.0 Å². The van der Waals surface area contributed by atoms with Gasteiger partial charge in [0, 0.05) is 15.7 Å². The molecule has 1 aromatic heterocycles. The molecule has 18 heavy (non-hydrogen) atoms. The van der Waals surface area contributed by atoms with E-state index in [1.165, 1.54) is 0 Å². The zero-order valence-corrected chi connectivity index (χ0v) is 11.6. The number of thiocarbonyl (C=S) groups is 1. The molecule has 6 heteroatoms. The Balaban J connectivity index is 1.90. The summed E-state index contributed by atoms with van der Waals surface area (Å²) >= 11 is 16.9. The van der Waals surface area contributed by atoms with Crippen LogP contribution in [0, 0.1) is 0 Å². The fraction of sp³-hybridized carbons (Fsp3) is 0.0833. The van der Waals surface area contributed by atoms with Crippen LogP contribution >= 0.6 is 35.4 Å². The summed E-state index contributed by atoms with van der Waals surface area (Å²) in [6.07, 6.45) is 1.62. The maximum Gasteiger partial charge on any atom is 0.171 e. The van der Waals surface area contributed by atoms with E-state index < -0.39 is 0 Å². The van der Waals surface area contributed by atoms with E-state index >= 15 is 0 Å². The average molecular weight is 301 g/mol. The topological polar surface area (TPSA) is 37.2 Å². The number of nitrogens with one attached hydrogen (secondary N) is 2. The first-order valence-corrected chi connectivity index (χ1v) is 6.33. The summed E-state index contributed by atoms with van der Waals surface area (Å²) in [5.74, 6) is 0.809. The maximum atomic E-state index is 5.89. The van der Waals surface area contributed by atoms with Crippen molar-refractivity contribution in [2.45, 2.75) is 6.54 Å². The smallest absolute Gasteiger partial charge is 0.171 e. The minimum Gasteiger partial charge on any atom is -0.467 e. The molecule has 0 saturated heterocycles. The number of benzene rings is 1. The fourth-order valence-corrected chi connectivity index (χ4v) is 2.10. The molecule has 0 aliphatic carbocycles. The quantitative estimate of drug-likeness (QED) is 0.838. The molecule has 2 aromatic rings. The lowest BCUT2D eigenvalue weighted by Crippen LogP contribution is -2.27. The first-order valence-electron chi connectivity index (χ1n) is 5.17. The lowest BCUT2D eigenvalue weighted by molar-refractivity contribution is 0.503. The van der Waals surface area contributed by atoms with E-state index in [0.29, 0.717) is 21.7 Å². The third-order valence-electron chi connectivity index (χ3n) is 2.12. The second-order valence-electron chi connectivity index (χ2n) is 3.55. The van der Waals surface area contributed by atoms with Gasteiger partial charge in [0.25, 0.3) is 0 Å². The van der Waals surface area contributed by atoms with Crippen LogP contribution in [0.1, 0.15) is 5.76 Å². The Bertz CT molecular complexity index is 523. The van der Waals surface area contributed by atoms with Crippen molar-refractivity contribution in [1.29, 1.82) is 0 Å². The Morgan fingerprint density at radius 3 is 2.56 bits per heavy atom. The van der Waals surface area contributed by atoms with Crippen molar-refractivity contribution in [2.75, 3.05) is 5.32 Å². The van der Waals surface area contributed by atoms with Crippen molar-refractivity contribution in [1.82, 2.24) is 5.32 Å². The molecule has 0 atom stereocenters. The highest BCUT2D eigenvalue weighted by Crippen LogP contribution is 2.22. The molecule has 0 spiro atoms. The van der Waals surface area contributed by atoms with Crippen molar-refractivity contribution < 1.29 is 4.42 Å². The normalized spacial score (nSPS) is 10.1. The number of hydrogen-bond donors (Lipinski definition) is 2. The van der Waals surface area contributed by atoms with Crippen LogP contribution < -0.4 is 10.6 Å². The van der Waals surface area contributed by atoms with Gasteiger partial charge in [0.2, 0.25) is 0 Å². The Labute approximate surface area is 120 Å². The molecule has 1 heterocycles. The van der Waals surface area contributed by atoms with Crippen molar-refractivity contribution in [3.63, 3.8) is 0 Å². The average Bonchev–Trinajstić information content (AvgIpc) is 2.77. The van der Waals surface area contributed by atoms with Crippen molar-refractivity contribution >= 4 is 46.2 Å². The van der Waals surface area contributed by atoms with E-state index in [4.69, 9.17) is 39.8 Å². The minimum absolute atomic E-state index is 0.477. The highest BCUT2D eigenvalue weighted by Gasteiger charge is 2.02. The Morgan fingerprint density at radius 2 is 1.94 bits per heavy atom. The van der Waals surface area contributed by atoms with Crippen molar-refractivity contribution in [3.8, 4) is 0 Å². The zero-order valence-electron chi connectivity index (χ0n) is 9.24. The van der Waals surface area contributed by atoms with E-state index in [1.54, 1.807) is 24.5 Å². The molecule has 0 saturated carbocycles. The molecule has 0 amide bonds. The molecular weight excluding hydrogens is 291 g/mol.